The van der Waals surface area contributed by atoms with Crippen molar-refractivity contribution in [3.63, 3.8) is 0 Å². The van der Waals surface area contributed by atoms with E-state index in [2.05, 4.69) is 16.7 Å². The summed E-state index contributed by atoms with van der Waals surface area (Å²) in [6.07, 6.45) is 1.19. The van der Waals surface area contributed by atoms with E-state index in [0.29, 0.717) is 17.1 Å². The average molecular weight is 618 g/mol. The number of benzene rings is 1. The van der Waals surface area contributed by atoms with E-state index in [-0.39, 0.29) is 53.4 Å². The molecule has 4 aromatic rings. The highest BCUT2D eigenvalue weighted by Gasteiger charge is 2.46. The number of nitrogens with zero attached hydrogens (tertiary/aromatic N) is 7. The number of aromatic nitrogens is 4. The molecule has 1 saturated heterocycles. The maximum atomic E-state index is 16.1. The van der Waals surface area contributed by atoms with Crippen molar-refractivity contribution in [3.8, 4) is 22.7 Å². The number of likely N-dealkylation sites (N-methyl/N-ethyl adjacent to an activating group) is 1. The number of hydrogen-bond donors (Lipinski definition) is 1. The molecule has 0 unspecified atom stereocenters. The Labute approximate surface area is 257 Å². The van der Waals surface area contributed by atoms with Crippen molar-refractivity contribution in [3.05, 3.63) is 70.3 Å². The molecule has 0 saturated carbocycles. The lowest BCUT2D eigenvalue weighted by Gasteiger charge is -2.49. The first-order valence-corrected chi connectivity index (χ1v) is 14.6. The van der Waals surface area contributed by atoms with Gasteiger partial charge in [0.1, 0.15) is 29.0 Å². The molecule has 2 aliphatic rings. The number of phenols is 1. The van der Waals surface area contributed by atoms with Crippen LogP contribution in [0.25, 0.3) is 28.0 Å². The summed E-state index contributed by atoms with van der Waals surface area (Å²) >= 11 is 0. The predicted octanol–water partition coefficient (Wildman–Crippen LogP) is 3.77. The van der Waals surface area contributed by atoms with Crippen LogP contribution in [0.1, 0.15) is 38.1 Å². The first kappa shape index (κ1) is 30.0. The first-order valence-electron chi connectivity index (χ1n) is 14.6. The quantitative estimate of drug-likeness (QED) is 0.347. The van der Waals surface area contributed by atoms with Crippen molar-refractivity contribution >= 4 is 34.2 Å². The predicted molar refractivity (Wildman–Crippen MR) is 166 cm³/mol. The molecule has 1 N–H and O–H groups in total. The SMILES string of the molecule is C=CC(=O)N1C[C@@H]2C(=O)N(C)c3c(c4cc(F)c(-c5c(O)cccc5F)nc4n(-c4c(C(C)C)nn(C)c4C)c3=O)N2C[C@H]1C. The van der Waals surface area contributed by atoms with Crippen molar-refractivity contribution in [2.75, 3.05) is 29.9 Å². The Kier molecular flexibility index (Phi) is 7.01. The van der Waals surface area contributed by atoms with Crippen LogP contribution in [0.4, 0.5) is 20.2 Å². The van der Waals surface area contributed by atoms with Gasteiger partial charge in [-0.25, -0.2) is 13.8 Å². The van der Waals surface area contributed by atoms with E-state index in [4.69, 9.17) is 0 Å². The largest absolute Gasteiger partial charge is 0.507 e. The molecule has 45 heavy (non-hydrogen) atoms. The Morgan fingerprint density at radius 3 is 2.47 bits per heavy atom. The second-order valence-electron chi connectivity index (χ2n) is 11.9. The zero-order chi connectivity index (χ0) is 32.6. The van der Waals surface area contributed by atoms with Crippen LogP contribution >= 0.6 is 0 Å². The normalized spacial score (nSPS) is 18.1. The zero-order valence-electron chi connectivity index (χ0n) is 25.8. The molecule has 1 aromatic carbocycles. The maximum absolute atomic E-state index is 16.1. The van der Waals surface area contributed by atoms with E-state index < -0.39 is 46.1 Å². The van der Waals surface area contributed by atoms with Crippen molar-refractivity contribution in [1.29, 1.82) is 0 Å². The third-order valence-corrected chi connectivity index (χ3v) is 8.81. The van der Waals surface area contributed by atoms with Crippen LogP contribution in [-0.2, 0) is 16.6 Å². The van der Waals surface area contributed by atoms with Crippen LogP contribution in [-0.4, -0.2) is 73.4 Å². The Bertz CT molecular complexity index is 1980. The number of piperazine rings is 1. The fourth-order valence-corrected chi connectivity index (χ4v) is 6.46. The minimum absolute atomic E-state index is 0.00504. The lowest BCUT2D eigenvalue weighted by Crippen LogP contribution is -2.66. The highest BCUT2D eigenvalue weighted by molar-refractivity contribution is 6.12. The molecule has 13 heteroatoms. The highest BCUT2D eigenvalue weighted by atomic mass is 19.1. The maximum Gasteiger partial charge on any atom is 0.283 e. The lowest BCUT2D eigenvalue weighted by molar-refractivity contribution is -0.130. The van der Waals surface area contributed by atoms with Crippen LogP contribution in [0.2, 0.25) is 0 Å². The van der Waals surface area contributed by atoms with Crippen LogP contribution < -0.4 is 15.4 Å². The van der Waals surface area contributed by atoms with Gasteiger partial charge in [0, 0.05) is 32.1 Å². The van der Waals surface area contributed by atoms with Crippen molar-refractivity contribution in [1.82, 2.24) is 24.2 Å². The fourth-order valence-electron chi connectivity index (χ4n) is 6.46. The van der Waals surface area contributed by atoms with Crippen LogP contribution in [0.5, 0.6) is 5.75 Å². The molecule has 0 radical (unpaired) electrons. The number of fused-ring (bicyclic) bond motifs is 5. The van der Waals surface area contributed by atoms with E-state index >= 15 is 8.78 Å². The Balaban J connectivity index is 1.76. The lowest BCUT2D eigenvalue weighted by atomic mass is 9.98. The molecule has 2 aliphatic heterocycles. The van der Waals surface area contributed by atoms with Crippen LogP contribution in [0.3, 0.4) is 0 Å². The van der Waals surface area contributed by atoms with Gasteiger partial charge in [-0.1, -0.05) is 26.5 Å². The molecule has 6 rings (SSSR count). The molecular weight excluding hydrogens is 584 g/mol. The minimum atomic E-state index is -0.938. The van der Waals surface area contributed by atoms with E-state index in [9.17, 15) is 19.5 Å². The number of aromatic hydroxyl groups is 1. The summed E-state index contributed by atoms with van der Waals surface area (Å²) in [5.41, 5.74) is 0.329. The van der Waals surface area contributed by atoms with Gasteiger partial charge in [0.05, 0.1) is 34.9 Å². The van der Waals surface area contributed by atoms with E-state index in [1.165, 1.54) is 34.7 Å². The number of phenolic OH excluding ortho intramolecular Hbond substituents is 1. The molecule has 2 atom stereocenters. The molecule has 3 aromatic heterocycles. The molecule has 0 spiro atoms. The third-order valence-electron chi connectivity index (χ3n) is 8.81. The standard InChI is InChI=1S/C32H33F2N7O4/c1-8-23(43)39-14-21-31(44)37(6)29-28(40(21)13-16(39)4)18-12-20(34)26(24-19(33)10-9-11-22(24)42)35-30(18)41(32(29)45)27-17(5)38(7)36-25(27)15(2)3/h8-12,15-16,21,42H,1,13-14H2,2-7H3/t16-,21-/m1/s1. The summed E-state index contributed by atoms with van der Waals surface area (Å²) in [7, 11) is 3.21. The summed E-state index contributed by atoms with van der Waals surface area (Å²) in [6, 6.07) is 3.50. The molecule has 1 fully saturated rings. The molecule has 11 nitrogen and oxygen atoms in total. The fraction of sp³-hybridized carbons (Fsp3) is 0.344. The number of carbonyl (C=O) groups is 2. The molecular formula is C32H33F2N7O4. The van der Waals surface area contributed by atoms with Gasteiger partial charge in [0.25, 0.3) is 11.5 Å². The van der Waals surface area contributed by atoms with E-state index in [0.717, 1.165) is 12.1 Å². The zero-order valence-corrected chi connectivity index (χ0v) is 25.8. The van der Waals surface area contributed by atoms with Gasteiger partial charge in [0.15, 0.2) is 11.5 Å². The van der Waals surface area contributed by atoms with E-state index in [1.807, 2.05) is 20.8 Å². The number of pyridine rings is 2. The Morgan fingerprint density at radius 2 is 1.82 bits per heavy atom. The third kappa shape index (κ3) is 4.31. The summed E-state index contributed by atoms with van der Waals surface area (Å²) in [6.45, 7) is 11.2. The summed E-state index contributed by atoms with van der Waals surface area (Å²) in [4.78, 5) is 50.3. The van der Waals surface area contributed by atoms with Crippen molar-refractivity contribution < 1.29 is 23.5 Å². The summed E-state index contributed by atoms with van der Waals surface area (Å²) in [5, 5.41) is 15.4. The summed E-state index contributed by atoms with van der Waals surface area (Å²) < 4.78 is 34.1. The molecule has 5 heterocycles. The highest BCUT2D eigenvalue weighted by Crippen LogP contribution is 2.43. The monoisotopic (exact) mass is 617 g/mol. The molecule has 234 valence electrons. The number of anilines is 2. The second kappa shape index (κ2) is 10.5. The molecule has 2 amide bonds. The van der Waals surface area contributed by atoms with Gasteiger partial charge in [-0.15, -0.1) is 0 Å². The van der Waals surface area contributed by atoms with Gasteiger partial charge in [-0.05, 0) is 44.0 Å². The second-order valence-corrected chi connectivity index (χ2v) is 11.9. The van der Waals surface area contributed by atoms with Gasteiger partial charge in [0.2, 0.25) is 5.91 Å². The molecule has 0 bridgehead atoms. The van der Waals surface area contributed by atoms with Gasteiger partial charge >= 0.3 is 0 Å². The number of carbonyl (C=O) groups excluding carboxylic acids is 2. The number of amides is 2. The Morgan fingerprint density at radius 1 is 1.11 bits per heavy atom. The van der Waals surface area contributed by atoms with Crippen molar-refractivity contribution in [2.24, 2.45) is 7.05 Å². The van der Waals surface area contributed by atoms with E-state index in [1.54, 1.807) is 28.5 Å². The average Bonchev–Trinajstić information content (AvgIpc) is 3.29. The number of rotatable bonds is 4. The topological polar surface area (TPSA) is 117 Å². The summed E-state index contributed by atoms with van der Waals surface area (Å²) in [5.74, 6) is -3.24. The smallest absolute Gasteiger partial charge is 0.283 e. The number of aryl methyl sites for hydroxylation is 1. The van der Waals surface area contributed by atoms with Gasteiger partial charge in [-0.3, -0.25) is 23.6 Å². The van der Waals surface area contributed by atoms with Gasteiger partial charge < -0.3 is 19.8 Å². The van der Waals surface area contributed by atoms with Gasteiger partial charge in [-0.2, -0.15) is 5.10 Å². The van der Waals surface area contributed by atoms with Crippen molar-refractivity contribution in [2.45, 2.75) is 45.7 Å². The number of halogens is 2. The Hall–Kier alpha value is -5.07. The number of hydrogen-bond acceptors (Lipinski definition) is 7. The molecule has 0 aliphatic carbocycles. The van der Waals surface area contributed by atoms with Crippen LogP contribution in [0.15, 0.2) is 41.7 Å². The van der Waals surface area contributed by atoms with Crippen LogP contribution in [0, 0.1) is 18.6 Å². The first-order chi connectivity index (χ1) is 21.3. The minimum Gasteiger partial charge on any atom is -0.507 e.